The zero-order chi connectivity index (χ0) is 28.9. The summed E-state index contributed by atoms with van der Waals surface area (Å²) in [6, 6.07) is 0. The first-order valence-corrected chi connectivity index (χ1v) is 16.5. The average molecular weight is 549 g/mol. The molecule has 3 nitrogen and oxygen atoms in total. The van der Waals surface area contributed by atoms with Gasteiger partial charge in [0.05, 0.1) is 20.3 Å². The summed E-state index contributed by atoms with van der Waals surface area (Å²) in [5, 5.41) is 12.8. The Balaban J connectivity index is 1.62. The molecular weight excluding hydrogens is 492 g/mol. The van der Waals surface area contributed by atoms with Crippen LogP contribution in [0.4, 0.5) is 0 Å². The molecule has 0 aromatic heterocycles. The first-order valence-electron chi connectivity index (χ1n) is 16.5. The van der Waals surface area contributed by atoms with E-state index in [9.17, 15) is 5.11 Å². The third kappa shape index (κ3) is 3.51. The Labute approximate surface area is 244 Å². The van der Waals surface area contributed by atoms with Crippen molar-refractivity contribution in [3.05, 3.63) is 34.9 Å². The van der Waals surface area contributed by atoms with Crippen LogP contribution < -0.4 is 9.47 Å². The summed E-state index contributed by atoms with van der Waals surface area (Å²) in [5.41, 5.74) is 5.86. The van der Waals surface area contributed by atoms with E-state index in [2.05, 4.69) is 61.1 Å². The minimum absolute atomic E-state index is 0.0348. The van der Waals surface area contributed by atoms with Crippen LogP contribution in [0, 0.1) is 40.9 Å². The summed E-state index contributed by atoms with van der Waals surface area (Å²) in [6.07, 6.45) is 11.3. The lowest BCUT2D eigenvalue weighted by molar-refractivity contribution is -0.00381. The topological polar surface area (TPSA) is 38.7 Å². The van der Waals surface area contributed by atoms with Crippen LogP contribution in [0.3, 0.4) is 0 Å². The fourth-order valence-electron chi connectivity index (χ4n) is 11.9. The van der Waals surface area contributed by atoms with Gasteiger partial charge in [0.15, 0.2) is 11.5 Å². The maximum absolute atomic E-state index is 12.8. The van der Waals surface area contributed by atoms with E-state index in [0.29, 0.717) is 35.5 Å². The molecule has 0 heterocycles. The van der Waals surface area contributed by atoms with Gasteiger partial charge in [-0.3, -0.25) is 0 Å². The lowest BCUT2D eigenvalue weighted by Gasteiger charge is -2.56. The molecule has 1 aromatic rings. The molecule has 1 aromatic carbocycles. The quantitative estimate of drug-likeness (QED) is 0.330. The van der Waals surface area contributed by atoms with Gasteiger partial charge in [-0.25, -0.2) is 0 Å². The first-order chi connectivity index (χ1) is 18.9. The zero-order valence-corrected chi connectivity index (χ0v) is 26.9. The van der Waals surface area contributed by atoms with Gasteiger partial charge in [-0.1, -0.05) is 61.0 Å². The molecule has 0 aliphatic heterocycles. The van der Waals surface area contributed by atoms with Crippen molar-refractivity contribution in [1.82, 2.24) is 0 Å². The summed E-state index contributed by atoms with van der Waals surface area (Å²) in [7, 11) is 3.69. The number of aliphatic hydroxyl groups is 1. The minimum atomic E-state index is -0.315. The summed E-state index contributed by atoms with van der Waals surface area (Å²) in [6.45, 7) is 21.0. The smallest absolute Gasteiger partial charge is 0.165 e. The highest BCUT2D eigenvalue weighted by molar-refractivity contribution is 5.70. The standard InChI is InChI=1S/C37H56O3/c1-11-12-14-22(20(2)3)27-23-15-18-37(29(23)27)30-26(21(4)5)32(39-9)33(40-10)31-28(30)24(34(37)38)19-25-35(6,7)16-13-17-36(25,31)8/h11,20-25,27,29,34,38H,1,12-19H2,2-10H3/t22-,23?,24-,25?,27?,29?,34-,36?,37+/m0/s1. The molecule has 1 spiro atoms. The van der Waals surface area contributed by atoms with Gasteiger partial charge in [0.1, 0.15) is 0 Å². The van der Waals surface area contributed by atoms with Crippen molar-refractivity contribution in [3.63, 3.8) is 0 Å². The van der Waals surface area contributed by atoms with Crippen LogP contribution in [0.15, 0.2) is 12.7 Å². The van der Waals surface area contributed by atoms with E-state index in [4.69, 9.17) is 9.47 Å². The molecule has 0 amide bonds. The number of rotatable bonds is 8. The molecule has 3 heteroatoms. The highest BCUT2D eigenvalue weighted by Crippen LogP contribution is 2.78. The summed E-state index contributed by atoms with van der Waals surface area (Å²) in [4.78, 5) is 0. The molecule has 5 unspecified atom stereocenters. The Morgan fingerprint density at radius 3 is 2.30 bits per heavy atom. The average Bonchev–Trinajstić information content (AvgIpc) is 3.38. The maximum Gasteiger partial charge on any atom is 0.165 e. The van der Waals surface area contributed by atoms with Gasteiger partial charge in [0.2, 0.25) is 0 Å². The van der Waals surface area contributed by atoms with Crippen LogP contribution in [0.1, 0.15) is 134 Å². The molecule has 6 rings (SSSR count). The van der Waals surface area contributed by atoms with Crippen LogP contribution in [-0.2, 0) is 10.8 Å². The first kappa shape index (κ1) is 28.6. The Morgan fingerprint density at radius 2 is 1.70 bits per heavy atom. The number of hydrogen-bond acceptors (Lipinski definition) is 3. The highest BCUT2D eigenvalue weighted by Gasteiger charge is 2.74. The summed E-state index contributed by atoms with van der Waals surface area (Å²) in [5.74, 6) is 6.33. The fourth-order valence-corrected chi connectivity index (χ4v) is 11.9. The molecule has 40 heavy (non-hydrogen) atoms. The van der Waals surface area contributed by atoms with E-state index in [1.165, 1.54) is 54.4 Å². The third-order valence-electron chi connectivity index (χ3n) is 13.3. The molecule has 1 N–H and O–H groups in total. The van der Waals surface area contributed by atoms with Crippen LogP contribution >= 0.6 is 0 Å². The van der Waals surface area contributed by atoms with E-state index in [1.54, 1.807) is 0 Å². The largest absolute Gasteiger partial charge is 0.493 e. The number of hydrogen-bond donors (Lipinski definition) is 1. The molecule has 0 saturated heterocycles. The SMILES string of the molecule is C=CCC[C@@H](C(C)C)C1C2CC[C@]3(c4c(C(C)C)c(OC)c(OC)c5c4[C@H](CC4C(C)(C)CCCC54C)[C@@H]3O)C21. The normalized spacial score (nSPS) is 39.2. The number of methoxy groups -OCH3 is 2. The van der Waals surface area contributed by atoms with Crippen molar-refractivity contribution in [3.8, 4) is 11.5 Å². The van der Waals surface area contributed by atoms with Crippen LogP contribution in [0.25, 0.3) is 0 Å². The monoisotopic (exact) mass is 548 g/mol. The molecule has 3 fully saturated rings. The van der Waals surface area contributed by atoms with E-state index in [1.807, 2.05) is 14.2 Å². The number of aliphatic hydroxyl groups excluding tert-OH is 1. The fraction of sp³-hybridized carbons (Fsp3) is 0.784. The Morgan fingerprint density at radius 1 is 1.00 bits per heavy atom. The lowest BCUT2D eigenvalue weighted by Crippen LogP contribution is -2.50. The third-order valence-corrected chi connectivity index (χ3v) is 13.3. The van der Waals surface area contributed by atoms with E-state index < -0.39 is 0 Å². The van der Waals surface area contributed by atoms with Gasteiger partial charge in [-0.05, 0) is 108 Å². The maximum atomic E-state index is 12.8. The van der Waals surface area contributed by atoms with Gasteiger partial charge >= 0.3 is 0 Å². The van der Waals surface area contributed by atoms with Crippen molar-refractivity contribution < 1.29 is 14.6 Å². The number of allylic oxidation sites excluding steroid dienone is 1. The molecule has 9 atom stereocenters. The molecular formula is C37H56O3. The van der Waals surface area contributed by atoms with Crippen molar-refractivity contribution >= 4 is 0 Å². The second-order valence-corrected chi connectivity index (χ2v) is 16.0. The van der Waals surface area contributed by atoms with Crippen molar-refractivity contribution in [1.29, 1.82) is 0 Å². The Hall–Kier alpha value is -1.48. The summed E-state index contributed by atoms with van der Waals surface area (Å²) < 4.78 is 12.7. The van der Waals surface area contributed by atoms with E-state index in [0.717, 1.165) is 36.7 Å². The van der Waals surface area contributed by atoms with Gasteiger partial charge in [0, 0.05) is 22.5 Å². The zero-order valence-electron chi connectivity index (χ0n) is 26.9. The number of benzene rings is 1. The second-order valence-electron chi connectivity index (χ2n) is 16.0. The van der Waals surface area contributed by atoms with E-state index >= 15 is 0 Å². The van der Waals surface area contributed by atoms with Gasteiger partial charge < -0.3 is 14.6 Å². The van der Waals surface area contributed by atoms with E-state index in [-0.39, 0.29) is 28.3 Å². The van der Waals surface area contributed by atoms with Crippen LogP contribution in [-0.4, -0.2) is 25.4 Å². The molecule has 5 aliphatic carbocycles. The van der Waals surface area contributed by atoms with Crippen molar-refractivity contribution in [2.24, 2.45) is 40.9 Å². The predicted octanol–water partition coefficient (Wildman–Crippen LogP) is 8.91. The highest BCUT2D eigenvalue weighted by atomic mass is 16.5. The second kappa shape index (κ2) is 9.51. The van der Waals surface area contributed by atoms with Gasteiger partial charge in [0.25, 0.3) is 0 Å². The van der Waals surface area contributed by atoms with Gasteiger partial charge in [-0.15, -0.1) is 6.58 Å². The number of fused-ring (bicyclic) bond motifs is 5. The molecule has 5 aliphatic rings. The summed E-state index contributed by atoms with van der Waals surface area (Å²) >= 11 is 0. The molecule has 0 radical (unpaired) electrons. The Bertz CT molecular complexity index is 1180. The van der Waals surface area contributed by atoms with Crippen molar-refractivity contribution in [2.75, 3.05) is 14.2 Å². The predicted molar refractivity (Wildman–Crippen MR) is 165 cm³/mol. The molecule has 222 valence electrons. The van der Waals surface area contributed by atoms with Crippen LogP contribution in [0.2, 0.25) is 0 Å². The van der Waals surface area contributed by atoms with Crippen LogP contribution in [0.5, 0.6) is 11.5 Å². The van der Waals surface area contributed by atoms with Gasteiger partial charge in [-0.2, -0.15) is 0 Å². The Kier molecular flexibility index (Phi) is 6.81. The minimum Gasteiger partial charge on any atom is -0.493 e. The number of ether oxygens (including phenoxy) is 2. The molecule has 3 saturated carbocycles. The molecule has 0 bridgehead atoms. The van der Waals surface area contributed by atoms with Crippen molar-refractivity contribution in [2.45, 2.75) is 129 Å². The lowest BCUT2D eigenvalue weighted by atomic mass is 9.48.